The van der Waals surface area contributed by atoms with Crippen LogP contribution < -0.4 is 5.32 Å². The van der Waals surface area contributed by atoms with Crippen LogP contribution in [0.2, 0.25) is 0 Å². The van der Waals surface area contributed by atoms with Crippen LogP contribution in [0.3, 0.4) is 0 Å². The first kappa shape index (κ1) is 13.3. The lowest BCUT2D eigenvalue weighted by Crippen LogP contribution is -2.28. The topological polar surface area (TPSA) is 67.2 Å². The summed E-state index contributed by atoms with van der Waals surface area (Å²) in [5.74, 6) is -0.896. The lowest BCUT2D eigenvalue weighted by Gasteiger charge is -2.14. The summed E-state index contributed by atoms with van der Waals surface area (Å²) in [5, 5.41) is 16.5. The van der Waals surface area contributed by atoms with Gasteiger partial charge in [-0.3, -0.25) is 14.8 Å². The maximum absolute atomic E-state index is 11.4. The molecule has 5 heteroatoms. The molecule has 0 bridgehead atoms. The number of rotatable bonds is 5. The van der Waals surface area contributed by atoms with Crippen LogP contribution in [0.1, 0.15) is 22.9 Å². The molecule has 0 aliphatic carbocycles. The second-order valence-electron chi connectivity index (χ2n) is 4.45. The highest BCUT2D eigenvalue weighted by Gasteiger charge is 2.23. The average Bonchev–Trinajstić information content (AvgIpc) is 2.72. The van der Waals surface area contributed by atoms with Crippen LogP contribution in [-0.2, 0) is 18.4 Å². The predicted octanol–water partition coefficient (Wildman–Crippen LogP) is 1.64. The fourth-order valence-corrected chi connectivity index (χ4v) is 1.95. The smallest absolute Gasteiger partial charge is 0.325 e. The van der Waals surface area contributed by atoms with Crippen molar-refractivity contribution >= 4 is 5.97 Å². The third-order valence-corrected chi connectivity index (χ3v) is 3.18. The molecule has 1 atom stereocenters. The standard InChI is InChI=1S/C14H17N3O2/c1-10-12(9-16-17(10)2)13(14(18)19)15-8-11-6-4-3-5-7-11/h3-7,9,13,15H,8H2,1-2H3,(H,18,19). The highest BCUT2D eigenvalue weighted by atomic mass is 16.4. The number of carboxylic acid groups (broad SMARTS) is 1. The van der Waals surface area contributed by atoms with E-state index in [-0.39, 0.29) is 0 Å². The van der Waals surface area contributed by atoms with Gasteiger partial charge in [-0.2, -0.15) is 5.10 Å². The van der Waals surface area contributed by atoms with Crippen molar-refractivity contribution in [2.24, 2.45) is 7.05 Å². The summed E-state index contributed by atoms with van der Waals surface area (Å²) in [4.78, 5) is 11.4. The van der Waals surface area contributed by atoms with Gasteiger partial charge in [0.15, 0.2) is 0 Å². The van der Waals surface area contributed by atoms with Crippen LogP contribution in [0, 0.1) is 6.92 Å². The Balaban J connectivity index is 2.14. The SMILES string of the molecule is Cc1c(C(NCc2ccccc2)C(=O)O)cnn1C. The van der Waals surface area contributed by atoms with E-state index in [0.717, 1.165) is 11.3 Å². The molecule has 0 fully saturated rings. The number of nitrogens with zero attached hydrogens (tertiary/aromatic N) is 2. The van der Waals surface area contributed by atoms with Gasteiger partial charge in [-0.1, -0.05) is 30.3 Å². The summed E-state index contributed by atoms with van der Waals surface area (Å²) >= 11 is 0. The van der Waals surface area contributed by atoms with E-state index in [4.69, 9.17) is 0 Å². The second kappa shape index (κ2) is 5.67. The Morgan fingerprint density at radius 3 is 2.63 bits per heavy atom. The highest BCUT2D eigenvalue weighted by molar-refractivity contribution is 5.75. The van der Waals surface area contributed by atoms with Gasteiger partial charge in [0, 0.05) is 24.8 Å². The summed E-state index contributed by atoms with van der Waals surface area (Å²) in [6.07, 6.45) is 1.60. The van der Waals surface area contributed by atoms with Crippen LogP contribution >= 0.6 is 0 Å². The number of aryl methyl sites for hydroxylation is 1. The third kappa shape index (κ3) is 3.00. The second-order valence-corrected chi connectivity index (χ2v) is 4.45. The number of carboxylic acids is 1. The molecule has 0 saturated carbocycles. The molecule has 1 aromatic heterocycles. The predicted molar refractivity (Wildman–Crippen MR) is 71.6 cm³/mol. The van der Waals surface area contributed by atoms with Crippen molar-refractivity contribution in [3.63, 3.8) is 0 Å². The Hall–Kier alpha value is -2.14. The van der Waals surface area contributed by atoms with Crippen molar-refractivity contribution in [3.05, 3.63) is 53.3 Å². The molecule has 19 heavy (non-hydrogen) atoms. The largest absolute Gasteiger partial charge is 0.480 e. The molecule has 0 saturated heterocycles. The number of hydrogen-bond donors (Lipinski definition) is 2. The Bertz CT molecular complexity index is 563. The molecule has 0 radical (unpaired) electrons. The third-order valence-electron chi connectivity index (χ3n) is 3.18. The van der Waals surface area contributed by atoms with Crippen molar-refractivity contribution in [2.75, 3.05) is 0 Å². The minimum atomic E-state index is -0.896. The van der Waals surface area contributed by atoms with Gasteiger partial charge in [0.05, 0.1) is 6.20 Å². The molecule has 0 aliphatic rings. The molecule has 0 spiro atoms. The van der Waals surface area contributed by atoms with Gasteiger partial charge in [-0.15, -0.1) is 0 Å². The molecule has 2 N–H and O–H groups in total. The molecule has 1 unspecified atom stereocenters. The van der Waals surface area contributed by atoms with Gasteiger partial charge in [-0.25, -0.2) is 0 Å². The monoisotopic (exact) mass is 259 g/mol. The zero-order valence-corrected chi connectivity index (χ0v) is 11.0. The molecule has 5 nitrogen and oxygen atoms in total. The van der Waals surface area contributed by atoms with Gasteiger partial charge in [0.1, 0.15) is 6.04 Å². The van der Waals surface area contributed by atoms with E-state index in [1.807, 2.05) is 37.3 Å². The minimum Gasteiger partial charge on any atom is -0.480 e. The molecule has 0 amide bonds. The Morgan fingerprint density at radius 1 is 1.42 bits per heavy atom. The van der Waals surface area contributed by atoms with Crippen molar-refractivity contribution in [1.82, 2.24) is 15.1 Å². The number of carbonyl (C=O) groups is 1. The van der Waals surface area contributed by atoms with Crippen molar-refractivity contribution in [2.45, 2.75) is 19.5 Å². The summed E-state index contributed by atoms with van der Waals surface area (Å²) in [6.45, 7) is 2.37. The first-order valence-corrected chi connectivity index (χ1v) is 6.08. The fraction of sp³-hybridized carbons (Fsp3) is 0.286. The van der Waals surface area contributed by atoms with Gasteiger partial charge >= 0.3 is 5.97 Å². The molecular weight excluding hydrogens is 242 g/mol. The van der Waals surface area contributed by atoms with Gasteiger partial charge in [0.2, 0.25) is 0 Å². The van der Waals surface area contributed by atoms with Gasteiger partial charge in [-0.05, 0) is 12.5 Å². The van der Waals surface area contributed by atoms with Crippen molar-refractivity contribution in [3.8, 4) is 0 Å². The van der Waals surface area contributed by atoms with Gasteiger partial charge in [0.25, 0.3) is 0 Å². The van der Waals surface area contributed by atoms with E-state index in [0.29, 0.717) is 12.1 Å². The first-order chi connectivity index (χ1) is 9.09. The zero-order valence-electron chi connectivity index (χ0n) is 11.0. The summed E-state index contributed by atoms with van der Waals surface area (Å²) < 4.78 is 1.68. The normalized spacial score (nSPS) is 12.3. The molecule has 2 aromatic rings. The molecule has 0 aliphatic heterocycles. The van der Waals surface area contributed by atoms with E-state index >= 15 is 0 Å². The summed E-state index contributed by atoms with van der Waals surface area (Å²) in [7, 11) is 1.80. The Morgan fingerprint density at radius 2 is 2.11 bits per heavy atom. The van der Waals surface area contributed by atoms with E-state index in [2.05, 4.69) is 10.4 Å². The summed E-state index contributed by atoms with van der Waals surface area (Å²) in [6, 6.07) is 8.98. The first-order valence-electron chi connectivity index (χ1n) is 6.08. The average molecular weight is 259 g/mol. The van der Waals surface area contributed by atoms with Crippen LogP contribution in [0.15, 0.2) is 36.5 Å². The quantitative estimate of drug-likeness (QED) is 0.856. The highest BCUT2D eigenvalue weighted by Crippen LogP contribution is 2.17. The number of benzene rings is 1. The molecule has 100 valence electrons. The number of aromatic nitrogens is 2. The van der Waals surface area contributed by atoms with Crippen LogP contribution in [-0.4, -0.2) is 20.9 Å². The Kier molecular flexibility index (Phi) is 3.97. The van der Waals surface area contributed by atoms with E-state index < -0.39 is 12.0 Å². The van der Waals surface area contributed by atoms with E-state index in [1.165, 1.54) is 0 Å². The maximum atomic E-state index is 11.4. The molecular formula is C14H17N3O2. The minimum absolute atomic E-state index is 0.506. The van der Waals surface area contributed by atoms with Crippen LogP contribution in [0.4, 0.5) is 0 Å². The zero-order chi connectivity index (χ0) is 13.8. The number of nitrogens with one attached hydrogen (secondary N) is 1. The maximum Gasteiger partial charge on any atom is 0.325 e. The lowest BCUT2D eigenvalue weighted by molar-refractivity contribution is -0.139. The van der Waals surface area contributed by atoms with Crippen LogP contribution in [0.5, 0.6) is 0 Å². The van der Waals surface area contributed by atoms with Crippen molar-refractivity contribution < 1.29 is 9.90 Å². The van der Waals surface area contributed by atoms with Crippen molar-refractivity contribution in [1.29, 1.82) is 0 Å². The molecule has 1 heterocycles. The number of hydrogen-bond acceptors (Lipinski definition) is 3. The summed E-state index contributed by atoms with van der Waals surface area (Å²) in [5.41, 5.74) is 2.61. The van der Waals surface area contributed by atoms with Gasteiger partial charge < -0.3 is 5.11 Å². The molecule has 1 aromatic carbocycles. The fourth-order valence-electron chi connectivity index (χ4n) is 1.95. The Labute approximate surface area is 111 Å². The van der Waals surface area contributed by atoms with Crippen LogP contribution in [0.25, 0.3) is 0 Å². The van der Waals surface area contributed by atoms with E-state index in [9.17, 15) is 9.90 Å². The lowest BCUT2D eigenvalue weighted by atomic mass is 10.1. The van der Waals surface area contributed by atoms with E-state index in [1.54, 1.807) is 17.9 Å². The number of aliphatic carboxylic acids is 1. The molecule has 2 rings (SSSR count).